The molecular weight excluding hydrogens is 354 g/mol. The van der Waals surface area contributed by atoms with Crippen LogP contribution in [0.25, 0.3) is 11.1 Å². The first-order chi connectivity index (χ1) is 13.6. The molecule has 0 saturated heterocycles. The lowest BCUT2D eigenvalue weighted by Gasteiger charge is -2.08. The number of nitrogens with one attached hydrogen (secondary N) is 1. The molecule has 0 saturated carbocycles. The van der Waals surface area contributed by atoms with E-state index in [-0.39, 0.29) is 12.2 Å². The van der Waals surface area contributed by atoms with Gasteiger partial charge in [-0.3, -0.25) is 10.1 Å². The van der Waals surface area contributed by atoms with Crippen LogP contribution in [0.4, 0.5) is 4.79 Å². The average molecular weight is 381 g/mol. The van der Waals surface area contributed by atoms with Crippen molar-refractivity contribution in [3.05, 3.63) is 66.7 Å². The van der Waals surface area contributed by atoms with Gasteiger partial charge in [-0.05, 0) is 55.9 Å². The van der Waals surface area contributed by atoms with Gasteiger partial charge in [0.25, 0.3) is 5.91 Å². The van der Waals surface area contributed by atoms with Gasteiger partial charge in [0.15, 0.2) is 0 Å². The summed E-state index contributed by atoms with van der Waals surface area (Å²) in [5.41, 5.74) is 2.63. The number of imide groups is 1. The molecule has 2 aromatic carbocycles. The lowest BCUT2D eigenvalue weighted by Crippen LogP contribution is -2.31. The molecule has 1 N–H and O–H groups in total. The predicted molar refractivity (Wildman–Crippen MR) is 110 cm³/mol. The van der Waals surface area contributed by atoms with E-state index in [9.17, 15) is 9.59 Å². The molecule has 0 atom stereocenters. The van der Waals surface area contributed by atoms with Crippen molar-refractivity contribution in [3.63, 3.8) is 0 Å². The number of carbonyl (C=O) groups excluding carboxylic acids is 2. The Morgan fingerprint density at radius 1 is 0.857 bits per heavy atom. The number of unbranched alkanes of at least 4 members (excludes halogenated alkanes) is 3. The maximum atomic E-state index is 11.3. The van der Waals surface area contributed by atoms with Crippen LogP contribution < -0.4 is 10.1 Å². The molecule has 2 rings (SSSR count). The third kappa shape index (κ3) is 7.66. The van der Waals surface area contributed by atoms with E-state index >= 15 is 0 Å². The fourth-order valence-electron chi connectivity index (χ4n) is 2.52. The second-order valence-corrected chi connectivity index (χ2v) is 6.52. The zero-order chi connectivity index (χ0) is 20.2. The summed E-state index contributed by atoms with van der Waals surface area (Å²) in [5.74, 6) is 0.348. The summed E-state index contributed by atoms with van der Waals surface area (Å²) in [7, 11) is 0. The Balaban J connectivity index is 1.53. The smallest absolute Gasteiger partial charge is 0.414 e. The molecule has 0 heterocycles. The summed E-state index contributed by atoms with van der Waals surface area (Å²) >= 11 is 0. The SMILES string of the molecule is C=C(C)C(=O)NC(=O)OCCCCCCOc1ccc(-c2ccccc2)cc1. The Morgan fingerprint density at radius 2 is 1.46 bits per heavy atom. The minimum absolute atomic E-state index is 0.270. The molecule has 28 heavy (non-hydrogen) atoms. The Hall–Kier alpha value is -3.08. The van der Waals surface area contributed by atoms with Crippen LogP contribution in [-0.4, -0.2) is 25.2 Å². The molecule has 0 aliphatic rings. The Kier molecular flexibility index (Phi) is 8.79. The second kappa shape index (κ2) is 11.6. The van der Waals surface area contributed by atoms with Gasteiger partial charge in [-0.25, -0.2) is 4.79 Å². The van der Waals surface area contributed by atoms with Crippen LogP contribution in [0, 0.1) is 0 Å². The number of benzene rings is 2. The number of carbonyl (C=O) groups is 2. The Labute approximate surface area is 166 Å². The number of amides is 2. The van der Waals surface area contributed by atoms with Crippen molar-refractivity contribution >= 4 is 12.0 Å². The highest BCUT2D eigenvalue weighted by Gasteiger charge is 2.08. The van der Waals surface area contributed by atoms with Gasteiger partial charge in [0, 0.05) is 5.57 Å². The third-order valence-electron chi connectivity index (χ3n) is 4.11. The maximum absolute atomic E-state index is 11.3. The molecule has 148 valence electrons. The molecule has 5 heteroatoms. The van der Waals surface area contributed by atoms with E-state index in [0.717, 1.165) is 31.4 Å². The summed E-state index contributed by atoms with van der Waals surface area (Å²) in [6.45, 7) is 5.93. The van der Waals surface area contributed by atoms with E-state index in [1.165, 1.54) is 18.1 Å². The van der Waals surface area contributed by atoms with Crippen LogP contribution in [0.1, 0.15) is 32.6 Å². The summed E-state index contributed by atoms with van der Waals surface area (Å²) in [6.07, 6.45) is 2.87. The Morgan fingerprint density at radius 3 is 2.11 bits per heavy atom. The molecule has 0 radical (unpaired) electrons. The van der Waals surface area contributed by atoms with E-state index in [2.05, 4.69) is 36.2 Å². The van der Waals surface area contributed by atoms with Crippen molar-refractivity contribution < 1.29 is 19.1 Å². The van der Waals surface area contributed by atoms with Crippen molar-refractivity contribution in [2.24, 2.45) is 0 Å². The lowest BCUT2D eigenvalue weighted by atomic mass is 10.1. The van der Waals surface area contributed by atoms with Crippen molar-refractivity contribution in [3.8, 4) is 16.9 Å². The van der Waals surface area contributed by atoms with Gasteiger partial charge < -0.3 is 9.47 Å². The highest BCUT2D eigenvalue weighted by Crippen LogP contribution is 2.22. The first-order valence-electron chi connectivity index (χ1n) is 9.48. The normalized spacial score (nSPS) is 10.2. The van der Waals surface area contributed by atoms with Crippen LogP contribution >= 0.6 is 0 Å². The molecular formula is C23H27NO4. The van der Waals surface area contributed by atoms with Gasteiger partial charge in [-0.2, -0.15) is 0 Å². The van der Waals surface area contributed by atoms with Gasteiger partial charge in [0.05, 0.1) is 13.2 Å². The largest absolute Gasteiger partial charge is 0.494 e. The monoisotopic (exact) mass is 381 g/mol. The molecule has 0 aliphatic carbocycles. The number of rotatable bonds is 10. The minimum atomic E-state index is -0.727. The topological polar surface area (TPSA) is 64.6 Å². The van der Waals surface area contributed by atoms with Gasteiger partial charge in [-0.1, -0.05) is 49.0 Å². The highest BCUT2D eigenvalue weighted by atomic mass is 16.5. The Bertz CT molecular complexity index is 769. The van der Waals surface area contributed by atoms with E-state index in [0.29, 0.717) is 6.61 Å². The fraction of sp³-hybridized carbons (Fsp3) is 0.304. The zero-order valence-corrected chi connectivity index (χ0v) is 16.3. The summed E-state index contributed by atoms with van der Waals surface area (Å²) < 4.78 is 10.7. The van der Waals surface area contributed by atoms with E-state index in [1.807, 2.05) is 30.3 Å². The maximum Gasteiger partial charge on any atom is 0.414 e. The quantitative estimate of drug-likeness (QED) is 0.458. The molecule has 2 aromatic rings. The third-order valence-corrected chi connectivity index (χ3v) is 4.11. The fourth-order valence-corrected chi connectivity index (χ4v) is 2.52. The standard InChI is InChI=1S/C23H27NO4/c1-18(2)22(25)24-23(26)28-17-9-4-3-8-16-27-21-14-12-20(13-15-21)19-10-6-5-7-11-19/h5-7,10-15H,1,3-4,8-9,16-17H2,2H3,(H,24,25,26). The van der Waals surface area contributed by atoms with Gasteiger partial charge in [0.1, 0.15) is 5.75 Å². The van der Waals surface area contributed by atoms with Crippen molar-refractivity contribution in [2.75, 3.05) is 13.2 Å². The zero-order valence-electron chi connectivity index (χ0n) is 16.3. The molecule has 0 unspecified atom stereocenters. The summed E-state index contributed by atoms with van der Waals surface area (Å²) in [5, 5.41) is 2.10. The van der Waals surface area contributed by atoms with Gasteiger partial charge in [-0.15, -0.1) is 0 Å². The summed E-state index contributed by atoms with van der Waals surface area (Å²) in [6, 6.07) is 18.3. The highest BCUT2D eigenvalue weighted by molar-refractivity contribution is 6.01. The molecule has 0 spiro atoms. The summed E-state index contributed by atoms with van der Waals surface area (Å²) in [4.78, 5) is 22.6. The van der Waals surface area contributed by atoms with Crippen molar-refractivity contribution in [1.82, 2.24) is 5.32 Å². The number of hydrogen-bond acceptors (Lipinski definition) is 4. The predicted octanol–water partition coefficient (Wildman–Crippen LogP) is 5.12. The van der Waals surface area contributed by atoms with Crippen LogP contribution in [0.2, 0.25) is 0 Å². The number of ether oxygens (including phenoxy) is 2. The molecule has 0 aliphatic heterocycles. The molecule has 0 fully saturated rings. The van der Waals surface area contributed by atoms with E-state index < -0.39 is 12.0 Å². The minimum Gasteiger partial charge on any atom is -0.494 e. The van der Waals surface area contributed by atoms with Crippen molar-refractivity contribution in [2.45, 2.75) is 32.6 Å². The van der Waals surface area contributed by atoms with Gasteiger partial charge >= 0.3 is 6.09 Å². The first-order valence-corrected chi connectivity index (χ1v) is 9.48. The second-order valence-electron chi connectivity index (χ2n) is 6.52. The van der Waals surface area contributed by atoms with E-state index in [1.54, 1.807) is 0 Å². The molecule has 0 aromatic heterocycles. The van der Waals surface area contributed by atoms with Crippen LogP contribution in [0.5, 0.6) is 5.75 Å². The number of alkyl carbamates (subject to hydrolysis) is 1. The van der Waals surface area contributed by atoms with Crippen LogP contribution in [-0.2, 0) is 9.53 Å². The van der Waals surface area contributed by atoms with Crippen LogP contribution in [0.15, 0.2) is 66.7 Å². The average Bonchev–Trinajstić information content (AvgIpc) is 2.71. The molecule has 5 nitrogen and oxygen atoms in total. The van der Waals surface area contributed by atoms with Crippen molar-refractivity contribution in [1.29, 1.82) is 0 Å². The number of hydrogen-bond donors (Lipinski definition) is 1. The molecule has 0 bridgehead atoms. The first kappa shape index (κ1) is 21.2. The lowest BCUT2D eigenvalue weighted by molar-refractivity contribution is -0.116. The molecule has 2 amide bonds. The van der Waals surface area contributed by atoms with E-state index in [4.69, 9.17) is 9.47 Å². The van der Waals surface area contributed by atoms with Gasteiger partial charge in [0.2, 0.25) is 0 Å². The van der Waals surface area contributed by atoms with Crippen LogP contribution in [0.3, 0.4) is 0 Å².